The Morgan fingerprint density at radius 2 is 1.91 bits per heavy atom. The number of aromatic nitrogens is 3. The topological polar surface area (TPSA) is 65.0 Å². The van der Waals surface area contributed by atoms with Crippen molar-refractivity contribution in [1.29, 1.82) is 0 Å². The number of hydrogen-bond donors (Lipinski definition) is 0. The number of aryl methyl sites for hydroxylation is 1. The van der Waals surface area contributed by atoms with Gasteiger partial charge in [0, 0.05) is 19.5 Å². The average Bonchev–Trinajstić information content (AvgIpc) is 3.00. The number of para-hydroxylation sites is 1. The molecule has 0 aliphatic rings. The molecule has 0 amide bonds. The Hall–Kier alpha value is -1.70. The zero-order valence-electron chi connectivity index (χ0n) is 13.1. The van der Waals surface area contributed by atoms with Gasteiger partial charge in [-0.15, -0.1) is 11.3 Å². The first kappa shape index (κ1) is 16.2. The summed E-state index contributed by atoms with van der Waals surface area (Å²) in [5, 5.41) is -0.303. The van der Waals surface area contributed by atoms with Gasteiger partial charge in [-0.25, -0.2) is 15.0 Å². The molecule has 0 bridgehead atoms. The standard InChI is InChI=1S/C16H17N3O2S2/c1-10-8-17-15(18-9-10)14(21-3)11(2)23(20)16-19-12-6-4-5-7-13(12)22-16/h4-9,11,14H,1-3H3. The molecule has 5 nitrogen and oxygen atoms in total. The molecule has 120 valence electrons. The van der Waals surface area contributed by atoms with Crippen LogP contribution in [0, 0.1) is 6.92 Å². The summed E-state index contributed by atoms with van der Waals surface area (Å²) >= 11 is 1.45. The smallest absolute Gasteiger partial charge is 0.182 e. The van der Waals surface area contributed by atoms with E-state index in [1.165, 1.54) is 11.3 Å². The molecule has 0 spiro atoms. The molecule has 0 fully saturated rings. The van der Waals surface area contributed by atoms with Gasteiger partial charge in [-0.05, 0) is 31.5 Å². The summed E-state index contributed by atoms with van der Waals surface area (Å²) in [6.07, 6.45) is 3.03. The molecule has 2 aromatic heterocycles. The van der Waals surface area contributed by atoms with Crippen LogP contribution in [0.1, 0.15) is 24.4 Å². The summed E-state index contributed by atoms with van der Waals surface area (Å²) in [6.45, 7) is 3.80. The van der Waals surface area contributed by atoms with Crippen molar-refractivity contribution in [2.45, 2.75) is 29.5 Å². The SMILES string of the molecule is COC(c1ncc(C)cn1)C(C)S(=O)c1nc2ccccc2s1. The predicted octanol–water partition coefficient (Wildman–Crippen LogP) is 3.28. The number of rotatable bonds is 5. The van der Waals surface area contributed by atoms with Crippen molar-refractivity contribution < 1.29 is 8.95 Å². The first-order chi connectivity index (χ1) is 11.1. The van der Waals surface area contributed by atoms with Gasteiger partial charge in [-0.2, -0.15) is 0 Å². The van der Waals surface area contributed by atoms with Crippen molar-refractivity contribution in [1.82, 2.24) is 15.0 Å². The van der Waals surface area contributed by atoms with E-state index >= 15 is 0 Å². The first-order valence-corrected chi connectivity index (χ1v) is 9.20. The van der Waals surface area contributed by atoms with E-state index in [4.69, 9.17) is 4.74 Å². The van der Waals surface area contributed by atoms with E-state index in [1.54, 1.807) is 19.5 Å². The highest BCUT2D eigenvalue weighted by Gasteiger charge is 2.29. The second-order valence-corrected chi connectivity index (χ2v) is 8.24. The van der Waals surface area contributed by atoms with Gasteiger partial charge >= 0.3 is 0 Å². The van der Waals surface area contributed by atoms with Crippen LogP contribution in [0.25, 0.3) is 10.2 Å². The van der Waals surface area contributed by atoms with Crippen molar-refractivity contribution in [2.24, 2.45) is 0 Å². The Labute approximate surface area is 141 Å². The molecule has 0 saturated carbocycles. The van der Waals surface area contributed by atoms with Crippen LogP contribution in [0.3, 0.4) is 0 Å². The molecule has 0 radical (unpaired) electrons. The van der Waals surface area contributed by atoms with Crippen LogP contribution >= 0.6 is 11.3 Å². The summed E-state index contributed by atoms with van der Waals surface area (Å²) in [4.78, 5) is 13.1. The Bertz CT molecular complexity index is 800. The molecule has 1 aromatic carbocycles. The van der Waals surface area contributed by atoms with Crippen molar-refractivity contribution in [3.8, 4) is 0 Å². The van der Waals surface area contributed by atoms with Gasteiger partial charge in [0.05, 0.1) is 26.3 Å². The molecule has 0 aliphatic carbocycles. The number of hydrogen-bond acceptors (Lipinski definition) is 6. The van der Waals surface area contributed by atoms with Gasteiger partial charge in [-0.1, -0.05) is 12.1 Å². The minimum Gasteiger partial charge on any atom is -0.372 e. The minimum absolute atomic E-state index is 0.303. The maximum atomic E-state index is 12.9. The van der Waals surface area contributed by atoms with Crippen LogP contribution in [0.2, 0.25) is 0 Å². The van der Waals surface area contributed by atoms with Crippen LogP contribution in [0.4, 0.5) is 0 Å². The van der Waals surface area contributed by atoms with Gasteiger partial charge in [0.25, 0.3) is 0 Å². The lowest BCUT2D eigenvalue weighted by molar-refractivity contribution is 0.0960. The monoisotopic (exact) mass is 347 g/mol. The molecule has 3 rings (SSSR count). The quantitative estimate of drug-likeness (QED) is 0.709. The highest BCUT2D eigenvalue weighted by Crippen LogP contribution is 2.29. The highest BCUT2D eigenvalue weighted by atomic mass is 32.2. The zero-order valence-corrected chi connectivity index (χ0v) is 14.7. The van der Waals surface area contributed by atoms with Gasteiger partial charge < -0.3 is 4.74 Å². The van der Waals surface area contributed by atoms with E-state index in [9.17, 15) is 4.21 Å². The number of thiazole rings is 1. The molecule has 7 heteroatoms. The van der Waals surface area contributed by atoms with Crippen molar-refractivity contribution in [3.63, 3.8) is 0 Å². The third-order valence-corrected chi connectivity index (χ3v) is 6.45. The fourth-order valence-corrected chi connectivity index (χ4v) is 4.98. The van der Waals surface area contributed by atoms with Gasteiger partial charge in [0.15, 0.2) is 10.2 Å². The summed E-state index contributed by atoms with van der Waals surface area (Å²) in [6, 6.07) is 7.79. The fraction of sp³-hybridized carbons (Fsp3) is 0.312. The van der Waals surface area contributed by atoms with Crippen LogP contribution in [-0.4, -0.2) is 31.5 Å². The van der Waals surface area contributed by atoms with E-state index in [0.717, 1.165) is 15.8 Å². The van der Waals surface area contributed by atoms with Gasteiger partial charge in [0.2, 0.25) is 0 Å². The first-order valence-electron chi connectivity index (χ1n) is 7.17. The number of nitrogens with zero attached hydrogens (tertiary/aromatic N) is 3. The lowest BCUT2D eigenvalue weighted by Crippen LogP contribution is -2.24. The van der Waals surface area contributed by atoms with Crippen LogP contribution in [-0.2, 0) is 15.5 Å². The number of benzene rings is 1. The number of fused-ring (bicyclic) bond motifs is 1. The molecule has 0 N–H and O–H groups in total. The maximum Gasteiger partial charge on any atom is 0.182 e. The molecular formula is C16H17N3O2S2. The number of methoxy groups -OCH3 is 1. The Kier molecular flexibility index (Phi) is 4.79. The number of ether oxygens (including phenoxy) is 1. The van der Waals surface area contributed by atoms with Crippen molar-refractivity contribution in [3.05, 3.63) is 48.0 Å². The molecular weight excluding hydrogens is 330 g/mol. The second-order valence-electron chi connectivity index (χ2n) is 5.22. The van der Waals surface area contributed by atoms with E-state index in [2.05, 4.69) is 15.0 Å². The largest absolute Gasteiger partial charge is 0.372 e. The lowest BCUT2D eigenvalue weighted by atomic mass is 10.2. The van der Waals surface area contributed by atoms with Crippen molar-refractivity contribution in [2.75, 3.05) is 7.11 Å². The normalized spacial score (nSPS) is 15.4. The van der Waals surface area contributed by atoms with E-state index in [-0.39, 0.29) is 5.25 Å². The molecule has 0 aliphatic heterocycles. The molecule has 3 unspecified atom stereocenters. The van der Waals surface area contributed by atoms with E-state index in [0.29, 0.717) is 10.2 Å². The van der Waals surface area contributed by atoms with E-state index in [1.807, 2.05) is 38.1 Å². The fourth-order valence-electron chi connectivity index (χ4n) is 2.26. The second kappa shape index (κ2) is 6.82. The van der Waals surface area contributed by atoms with Gasteiger partial charge in [0.1, 0.15) is 6.10 Å². The van der Waals surface area contributed by atoms with Gasteiger partial charge in [-0.3, -0.25) is 4.21 Å². The predicted molar refractivity (Wildman–Crippen MR) is 92.0 cm³/mol. The van der Waals surface area contributed by atoms with Crippen LogP contribution in [0.5, 0.6) is 0 Å². The summed E-state index contributed by atoms with van der Waals surface area (Å²) in [7, 11) is 0.289. The average molecular weight is 347 g/mol. The Morgan fingerprint density at radius 1 is 1.22 bits per heavy atom. The van der Waals surface area contributed by atoms with Crippen molar-refractivity contribution >= 4 is 32.4 Å². The summed E-state index contributed by atoms with van der Waals surface area (Å²) in [5.41, 5.74) is 1.84. The molecule has 2 heterocycles. The van der Waals surface area contributed by atoms with E-state index < -0.39 is 16.9 Å². The zero-order chi connectivity index (χ0) is 16.4. The van der Waals surface area contributed by atoms with Crippen LogP contribution < -0.4 is 0 Å². The molecule has 3 atom stereocenters. The minimum atomic E-state index is -1.29. The lowest BCUT2D eigenvalue weighted by Gasteiger charge is -2.19. The molecule has 0 saturated heterocycles. The summed E-state index contributed by atoms with van der Waals surface area (Å²) < 4.78 is 20.0. The third kappa shape index (κ3) is 3.31. The third-order valence-electron chi connectivity index (χ3n) is 3.52. The summed E-state index contributed by atoms with van der Waals surface area (Å²) in [5.74, 6) is 0.542. The Balaban J connectivity index is 1.88. The maximum absolute atomic E-state index is 12.9. The van der Waals surface area contributed by atoms with Crippen LogP contribution in [0.15, 0.2) is 41.0 Å². The molecule has 3 aromatic rings. The highest BCUT2D eigenvalue weighted by molar-refractivity contribution is 7.88. The Morgan fingerprint density at radius 3 is 2.57 bits per heavy atom. The molecule has 23 heavy (non-hydrogen) atoms.